The topological polar surface area (TPSA) is 63.8 Å². The lowest BCUT2D eigenvalue weighted by molar-refractivity contribution is 0.861. The van der Waals surface area contributed by atoms with Gasteiger partial charge >= 0.3 is 0 Å². The molecular formula is C8H14N4. The second-order valence-corrected chi connectivity index (χ2v) is 2.87. The Labute approximate surface area is 72.2 Å². The van der Waals surface area contributed by atoms with Crippen LogP contribution in [0.15, 0.2) is 12.3 Å². The Kier molecular flexibility index (Phi) is 2.99. The summed E-state index contributed by atoms with van der Waals surface area (Å²) < 4.78 is 0. The quantitative estimate of drug-likeness (QED) is 0.695. The standard InChI is InChI=1S/C8H14N4/c1-6(2)11-8-10-4-3-7(5-9)12-8/h3-4,6H,5,9H2,1-2H3,(H,10,11,12). The van der Waals surface area contributed by atoms with Crippen LogP contribution < -0.4 is 11.1 Å². The van der Waals surface area contributed by atoms with Gasteiger partial charge in [0.2, 0.25) is 5.95 Å². The fourth-order valence-corrected chi connectivity index (χ4v) is 0.837. The molecule has 0 aliphatic heterocycles. The average Bonchev–Trinajstić information content (AvgIpc) is 2.03. The van der Waals surface area contributed by atoms with E-state index in [1.807, 2.05) is 19.9 Å². The maximum Gasteiger partial charge on any atom is 0.223 e. The summed E-state index contributed by atoms with van der Waals surface area (Å²) in [6.07, 6.45) is 1.71. The Balaban J connectivity index is 2.72. The van der Waals surface area contributed by atoms with Crippen LogP contribution in [0.25, 0.3) is 0 Å². The Morgan fingerprint density at radius 2 is 2.33 bits per heavy atom. The second-order valence-electron chi connectivity index (χ2n) is 2.87. The maximum absolute atomic E-state index is 5.43. The third-order valence-electron chi connectivity index (χ3n) is 1.34. The summed E-state index contributed by atoms with van der Waals surface area (Å²) in [5.74, 6) is 0.646. The lowest BCUT2D eigenvalue weighted by Gasteiger charge is -2.07. The van der Waals surface area contributed by atoms with Crippen molar-refractivity contribution in [1.82, 2.24) is 9.97 Å². The minimum atomic E-state index is 0.345. The summed E-state index contributed by atoms with van der Waals surface area (Å²) in [5.41, 5.74) is 6.29. The number of hydrogen-bond donors (Lipinski definition) is 2. The van der Waals surface area contributed by atoms with E-state index in [-0.39, 0.29) is 0 Å². The molecule has 0 amide bonds. The zero-order chi connectivity index (χ0) is 8.97. The molecule has 0 saturated carbocycles. The lowest BCUT2D eigenvalue weighted by Crippen LogP contribution is -2.13. The molecule has 0 unspecified atom stereocenters. The van der Waals surface area contributed by atoms with Gasteiger partial charge in [0.15, 0.2) is 0 Å². The lowest BCUT2D eigenvalue weighted by atomic mass is 10.4. The van der Waals surface area contributed by atoms with Crippen molar-refractivity contribution in [1.29, 1.82) is 0 Å². The zero-order valence-corrected chi connectivity index (χ0v) is 7.41. The fraction of sp³-hybridized carbons (Fsp3) is 0.500. The highest BCUT2D eigenvalue weighted by atomic mass is 15.1. The van der Waals surface area contributed by atoms with E-state index in [9.17, 15) is 0 Å². The zero-order valence-electron chi connectivity index (χ0n) is 7.41. The highest BCUT2D eigenvalue weighted by Gasteiger charge is 1.98. The molecule has 66 valence electrons. The van der Waals surface area contributed by atoms with Gasteiger partial charge in [-0.05, 0) is 19.9 Å². The van der Waals surface area contributed by atoms with Crippen LogP contribution in [0.5, 0.6) is 0 Å². The summed E-state index contributed by atoms with van der Waals surface area (Å²) in [4.78, 5) is 8.23. The first-order chi connectivity index (χ1) is 5.72. The van der Waals surface area contributed by atoms with E-state index in [2.05, 4.69) is 15.3 Å². The molecule has 0 aromatic carbocycles. The third-order valence-corrected chi connectivity index (χ3v) is 1.34. The molecule has 3 N–H and O–H groups in total. The first-order valence-corrected chi connectivity index (χ1v) is 4.01. The van der Waals surface area contributed by atoms with Crippen molar-refractivity contribution < 1.29 is 0 Å². The van der Waals surface area contributed by atoms with E-state index >= 15 is 0 Å². The molecule has 1 aromatic heterocycles. The van der Waals surface area contributed by atoms with Crippen molar-refractivity contribution in [2.75, 3.05) is 5.32 Å². The minimum Gasteiger partial charge on any atom is -0.352 e. The number of aromatic nitrogens is 2. The number of nitrogens with zero attached hydrogens (tertiary/aromatic N) is 2. The Morgan fingerprint density at radius 3 is 2.92 bits per heavy atom. The van der Waals surface area contributed by atoms with Gasteiger partial charge in [-0.25, -0.2) is 9.97 Å². The molecule has 0 fully saturated rings. The van der Waals surface area contributed by atoms with Crippen LogP contribution in [-0.4, -0.2) is 16.0 Å². The van der Waals surface area contributed by atoms with E-state index in [1.165, 1.54) is 0 Å². The van der Waals surface area contributed by atoms with E-state index in [4.69, 9.17) is 5.73 Å². The van der Waals surface area contributed by atoms with Gasteiger partial charge < -0.3 is 11.1 Å². The van der Waals surface area contributed by atoms with Gasteiger partial charge in [-0.2, -0.15) is 0 Å². The molecule has 0 atom stereocenters. The highest BCUT2D eigenvalue weighted by Crippen LogP contribution is 2.00. The van der Waals surface area contributed by atoms with E-state index < -0.39 is 0 Å². The molecular weight excluding hydrogens is 152 g/mol. The van der Waals surface area contributed by atoms with Crippen LogP contribution >= 0.6 is 0 Å². The van der Waals surface area contributed by atoms with Gasteiger partial charge in [-0.3, -0.25) is 0 Å². The number of rotatable bonds is 3. The van der Waals surface area contributed by atoms with Gasteiger partial charge in [-0.1, -0.05) is 0 Å². The summed E-state index contributed by atoms with van der Waals surface area (Å²) in [7, 11) is 0. The molecule has 4 nitrogen and oxygen atoms in total. The van der Waals surface area contributed by atoms with Crippen molar-refractivity contribution in [3.05, 3.63) is 18.0 Å². The normalized spacial score (nSPS) is 10.3. The van der Waals surface area contributed by atoms with Gasteiger partial charge in [-0.15, -0.1) is 0 Å². The molecule has 0 aliphatic carbocycles. The van der Waals surface area contributed by atoms with Gasteiger partial charge in [0.25, 0.3) is 0 Å². The molecule has 1 rings (SSSR count). The number of hydrogen-bond acceptors (Lipinski definition) is 4. The fourth-order valence-electron chi connectivity index (χ4n) is 0.837. The van der Waals surface area contributed by atoms with Crippen LogP contribution in [0, 0.1) is 0 Å². The van der Waals surface area contributed by atoms with Gasteiger partial charge in [0.1, 0.15) is 0 Å². The maximum atomic E-state index is 5.43. The molecule has 0 aliphatic rings. The highest BCUT2D eigenvalue weighted by molar-refractivity contribution is 5.25. The van der Waals surface area contributed by atoms with E-state index in [1.54, 1.807) is 6.20 Å². The van der Waals surface area contributed by atoms with Crippen LogP contribution in [0.2, 0.25) is 0 Å². The molecule has 0 spiro atoms. The molecule has 0 bridgehead atoms. The number of nitrogens with two attached hydrogens (primary N) is 1. The third kappa shape index (κ3) is 2.47. The molecule has 12 heavy (non-hydrogen) atoms. The Hall–Kier alpha value is -1.16. The summed E-state index contributed by atoms with van der Waals surface area (Å²) >= 11 is 0. The summed E-state index contributed by atoms with van der Waals surface area (Å²) in [6.45, 7) is 4.53. The molecule has 4 heteroatoms. The van der Waals surface area contributed by atoms with Crippen LogP contribution in [0.1, 0.15) is 19.5 Å². The van der Waals surface area contributed by atoms with Gasteiger partial charge in [0, 0.05) is 18.8 Å². The Morgan fingerprint density at radius 1 is 1.58 bits per heavy atom. The van der Waals surface area contributed by atoms with Crippen LogP contribution in [0.3, 0.4) is 0 Å². The summed E-state index contributed by atoms with van der Waals surface area (Å²) in [5, 5.41) is 3.10. The molecule has 0 radical (unpaired) electrons. The van der Waals surface area contributed by atoms with Crippen molar-refractivity contribution in [3.63, 3.8) is 0 Å². The first-order valence-electron chi connectivity index (χ1n) is 4.01. The number of anilines is 1. The van der Waals surface area contributed by atoms with Crippen LogP contribution in [0.4, 0.5) is 5.95 Å². The predicted octanol–water partition coefficient (Wildman–Crippen LogP) is 0.756. The molecule has 0 saturated heterocycles. The van der Waals surface area contributed by atoms with Crippen molar-refractivity contribution in [2.24, 2.45) is 5.73 Å². The monoisotopic (exact) mass is 166 g/mol. The first kappa shape index (κ1) is 8.93. The van der Waals surface area contributed by atoms with Gasteiger partial charge in [0.05, 0.1) is 5.69 Å². The molecule has 1 aromatic rings. The second kappa shape index (κ2) is 4.01. The van der Waals surface area contributed by atoms with Crippen molar-refractivity contribution in [2.45, 2.75) is 26.4 Å². The predicted molar refractivity (Wildman–Crippen MR) is 48.7 cm³/mol. The van der Waals surface area contributed by atoms with Crippen molar-refractivity contribution >= 4 is 5.95 Å². The Bertz CT molecular complexity index is 247. The summed E-state index contributed by atoms with van der Waals surface area (Å²) in [6, 6.07) is 2.16. The van der Waals surface area contributed by atoms with E-state index in [0.29, 0.717) is 18.5 Å². The van der Waals surface area contributed by atoms with Crippen LogP contribution in [-0.2, 0) is 6.54 Å². The SMILES string of the molecule is CC(C)Nc1nccc(CN)n1. The largest absolute Gasteiger partial charge is 0.352 e. The minimum absolute atomic E-state index is 0.345. The molecule has 1 heterocycles. The number of nitrogens with one attached hydrogen (secondary N) is 1. The average molecular weight is 166 g/mol. The van der Waals surface area contributed by atoms with Crippen molar-refractivity contribution in [3.8, 4) is 0 Å². The van der Waals surface area contributed by atoms with E-state index in [0.717, 1.165) is 5.69 Å². The smallest absolute Gasteiger partial charge is 0.223 e.